The van der Waals surface area contributed by atoms with Crippen LogP contribution in [0.1, 0.15) is 29.7 Å². The first kappa shape index (κ1) is 17.3. The van der Waals surface area contributed by atoms with Crippen molar-refractivity contribution in [2.24, 2.45) is 0 Å². The fourth-order valence-corrected chi connectivity index (χ4v) is 3.34. The van der Waals surface area contributed by atoms with Crippen LogP contribution in [-0.4, -0.2) is 35.6 Å². The van der Waals surface area contributed by atoms with Gasteiger partial charge in [0, 0.05) is 43.6 Å². The summed E-state index contributed by atoms with van der Waals surface area (Å²) in [6.45, 7) is 4.17. The molecule has 1 aromatic heterocycles. The van der Waals surface area contributed by atoms with Gasteiger partial charge in [0.25, 0.3) is 0 Å². The van der Waals surface area contributed by atoms with E-state index in [-0.39, 0.29) is 11.3 Å². The molecular weight excluding hydrogens is 314 g/mol. The minimum Gasteiger partial charge on any atom is -0.381 e. The van der Waals surface area contributed by atoms with E-state index in [1.807, 2.05) is 6.07 Å². The predicted molar refractivity (Wildman–Crippen MR) is 97.0 cm³/mol. The summed E-state index contributed by atoms with van der Waals surface area (Å²) in [7, 11) is 0. The van der Waals surface area contributed by atoms with Gasteiger partial charge in [-0.25, -0.2) is 0 Å². The summed E-state index contributed by atoms with van der Waals surface area (Å²) in [5, 5.41) is 3.06. The second kappa shape index (κ2) is 8.03. The molecule has 5 heteroatoms. The molecule has 1 fully saturated rings. The first-order chi connectivity index (χ1) is 12.2. The standard InChI is InChI=1S/C20H23N3O2/c1-16-4-2-3-5-18(16)20(8-12-25-13-9-20)15-23-19(24)7-6-17-14-21-10-11-22-17/h2-7,10-11,14H,8-9,12-13,15H2,1H3,(H,23,24)/b7-6-. The lowest BCUT2D eigenvalue weighted by molar-refractivity contribution is -0.116. The Morgan fingerprint density at radius 3 is 2.80 bits per heavy atom. The number of aromatic nitrogens is 2. The summed E-state index contributed by atoms with van der Waals surface area (Å²) >= 11 is 0. The Kier molecular flexibility index (Phi) is 5.56. The van der Waals surface area contributed by atoms with E-state index < -0.39 is 0 Å². The van der Waals surface area contributed by atoms with Crippen LogP contribution in [0.4, 0.5) is 0 Å². The molecule has 1 amide bonds. The van der Waals surface area contributed by atoms with E-state index in [1.54, 1.807) is 24.7 Å². The van der Waals surface area contributed by atoms with E-state index in [2.05, 4.69) is 40.4 Å². The van der Waals surface area contributed by atoms with Crippen molar-refractivity contribution in [2.45, 2.75) is 25.2 Å². The number of aryl methyl sites for hydroxylation is 1. The van der Waals surface area contributed by atoms with Crippen LogP contribution < -0.4 is 5.32 Å². The Labute approximate surface area is 148 Å². The molecule has 3 rings (SSSR count). The fourth-order valence-electron chi connectivity index (χ4n) is 3.34. The Morgan fingerprint density at radius 1 is 1.28 bits per heavy atom. The van der Waals surface area contributed by atoms with Crippen LogP contribution in [0.15, 0.2) is 48.9 Å². The number of hydrogen-bond acceptors (Lipinski definition) is 4. The number of ether oxygens (including phenoxy) is 1. The SMILES string of the molecule is Cc1ccccc1C1(CNC(=O)/C=C\c2cnccn2)CCOCC1. The van der Waals surface area contributed by atoms with Crippen molar-refractivity contribution in [2.75, 3.05) is 19.8 Å². The van der Waals surface area contributed by atoms with Gasteiger partial charge in [-0.1, -0.05) is 24.3 Å². The molecule has 0 saturated carbocycles. The smallest absolute Gasteiger partial charge is 0.244 e. The first-order valence-electron chi connectivity index (χ1n) is 8.55. The third kappa shape index (κ3) is 4.31. The molecule has 1 aliphatic heterocycles. The monoisotopic (exact) mass is 337 g/mol. The Bertz CT molecular complexity index is 738. The molecule has 1 aromatic carbocycles. The van der Waals surface area contributed by atoms with Gasteiger partial charge in [-0.05, 0) is 37.0 Å². The second-order valence-corrected chi connectivity index (χ2v) is 6.39. The van der Waals surface area contributed by atoms with E-state index in [0.29, 0.717) is 12.2 Å². The van der Waals surface area contributed by atoms with E-state index in [1.165, 1.54) is 17.2 Å². The Hall–Kier alpha value is -2.53. The van der Waals surface area contributed by atoms with Crippen LogP contribution in [0.2, 0.25) is 0 Å². The second-order valence-electron chi connectivity index (χ2n) is 6.39. The molecule has 25 heavy (non-hydrogen) atoms. The van der Waals surface area contributed by atoms with Crippen molar-refractivity contribution >= 4 is 12.0 Å². The summed E-state index contributed by atoms with van der Waals surface area (Å²) in [5.74, 6) is -0.120. The van der Waals surface area contributed by atoms with E-state index >= 15 is 0 Å². The minimum absolute atomic E-state index is 0.0698. The van der Waals surface area contributed by atoms with Crippen LogP contribution in [0, 0.1) is 6.92 Å². The zero-order valence-electron chi connectivity index (χ0n) is 14.4. The number of rotatable bonds is 5. The molecule has 0 unspecified atom stereocenters. The Morgan fingerprint density at radius 2 is 2.08 bits per heavy atom. The van der Waals surface area contributed by atoms with Gasteiger partial charge in [-0.2, -0.15) is 0 Å². The highest BCUT2D eigenvalue weighted by Gasteiger charge is 2.35. The van der Waals surface area contributed by atoms with E-state index in [0.717, 1.165) is 26.1 Å². The Balaban J connectivity index is 1.70. The maximum absolute atomic E-state index is 12.2. The number of carbonyl (C=O) groups is 1. The van der Waals surface area contributed by atoms with Crippen molar-refractivity contribution in [1.29, 1.82) is 0 Å². The number of hydrogen-bond donors (Lipinski definition) is 1. The fraction of sp³-hybridized carbons (Fsp3) is 0.350. The van der Waals surface area contributed by atoms with Crippen molar-refractivity contribution < 1.29 is 9.53 Å². The molecule has 0 atom stereocenters. The topological polar surface area (TPSA) is 64.1 Å². The normalized spacial score (nSPS) is 16.7. The molecule has 1 saturated heterocycles. The molecule has 5 nitrogen and oxygen atoms in total. The van der Waals surface area contributed by atoms with Crippen LogP contribution in [0.25, 0.3) is 6.08 Å². The maximum Gasteiger partial charge on any atom is 0.244 e. The molecule has 1 N–H and O–H groups in total. The van der Waals surface area contributed by atoms with Gasteiger partial charge in [-0.15, -0.1) is 0 Å². The number of carbonyl (C=O) groups excluding carboxylic acids is 1. The lowest BCUT2D eigenvalue weighted by Gasteiger charge is -2.38. The summed E-state index contributed by atoms with van der Waals surface area (Å²) < 4.78 is 5.56. The van der Waals surface area contributed by atoms with Crippen molar-refractivity contribution in [3.05, 3.63) is 65.8 Å². The maximum atomic E-state index is 12.2. The van der Waals surface area contributed by atoms with Crippen molar-refractivity contribution in [3.8, 4) is 0 Å². The van der Waals surface area contributed by atoms with E-state index in [4.69, 9.17) is 4.74 Å². The molecule has 0 bridgehead atoms. The lowest BCUT2D eigenvalue weighted by atomic mass is 9.72. The minimum atomic E-state index is -0.120. The van der Waals surface area contributed by atoms with Crippen molar-refractivity contribution in [1.82, 2.24) is 15.3 Å². The van der Waals surface area contributed by atoms with Gasteiger partial charge < -0.3 is 10.1 Å². The van der Waals surface area contributed by atoms with Crippen LogP contribution in [-0.2, 0) is 14.9 Å². The summed E-state index contributed by atoms with van der Waals surface area (Å²) in [4.78, 5) is 20.4. The molecule has 1 aliphatic rings. The molecule has 2 heterocycles. The van der Waals surface area contributed by atoms with Gasteiger partial charge in [-0.3, -0.25) is 14.8 Å². The molecular formula is C20H23N3O2. The summed E-state index contributed by atoms with van der Waals surface area (Å²) in [6, 6.07) is 8.41. The van der Waals surface area contributed by atoms with Crippen LogP contribution >= 0.6 is 0 Å². The van der Waals surface area contributed by atoms with Gasteiger partial charge in [0.05, 0.1) is 11.9 Å². The predicted octanol–water partition coefficient (Wildman–Crippen LogP) is 2.66. The average molecular weight is 337 g/mol. The molecule has 0 radical (unpaired) electrons. The van der Waals surface area contributed by atoms with Gasteiger partial charge in [0.15, 0.2) is 0 Å². The number of amides is 1. The molecule has 0 spiro atoms. The van der Waals surface area contributed by atoms with Crippen LogP contribution in [0.3, 0.4) is 0 Å². The van der Waals surface area contributed by atoms with Gasteiger partial charge in [0.1, 0.15) is 0 Å². The largest absolute Gasteiger partial charge is 0.381 e. The summed E-state index contributed by atoms with van der Waals surface area (Å²) in [5.41, 5.74) is 3.15. The average Bonchev–Trinajstić information content (AvgIpc) is 2.67. The van der Waals surface area contributed by atoms with Gasteiger partial charge in [0.2, 0.25) is 5.91 Å². The van der Waals surface area contributed by atoms with Crippen molar-refractivity contribution in [3.63, 3.8) is 0 Å². The highest BCUT2D eigenvalue weighted by atomic mass is 16.5. The highest BCUT2D eigenvalue weighted by Crippen LogP contribution is 2.36. The molecule has 2 aromatic rings. The summed E-state index contributed by atoms with van der Waals surface area (Å²) in [6.07, 6.45) is 9.83. The third-order valence-electron chi connectivity index (χ3n) is 4.76. The number of nitrogens with zero attached hydrogens (tertiary/aromatic N) is 2. The van der Waals surface area contributed by atoms with Gasteiger partial charge >= 0.3 is 0 Å². The quantitative estimate of drug-likeness (QED) is 0.852. The molecule has 0 aliphatic carbocycles. The van der Waals surface area contributed by atoms with Crippen LogP contribution in [0.5, 0.6) is 0 Å². The number of benzene rings is 1. The lowest BCUT2D eigenvalue weighted by Crippen LogP contribution is -2.44. The zero-order chi connectivity index (χ0) is 17.5. The highest BCUT2D eigenvalue weighted by molar-refractivity contribution is 5.91. The zero-order valence-corrected chi connectivity index (χ0v) is 14.4. The molecule has 130 valence electrons. The number of nitrogens with one attached hydrogen (secondary N) is 1. The first-order valence-corrected chi connectivity index (χ1v) is 8.55. The third-order valence-corrected chi connectivity index (χ3v) is 4.76. The van der Waals surface area contributed by atoms with E-state index in [9.17, 15) is 4.79 Å².